The Balaban J connectivity index is 2.86. The minimum atomic E-state index is -0.565. The number of ketones is 1. The summed E-state index contributed by atoms with van der Waals surface area (Å²) in [6.07, 6.45) is -0.246. The Morgan fingerprint density at radius 1 is 1.47 bits per heavy atom. The first-order valence-corrected chi connectivity index (χ1v) is 5.42. The highest BCUT2D eigenvalue weighted by molar-refractivity contribution is 9.10. The lowest BCUT2D eigenvalue weighted by molar-refractivity contribution is -0.385. The van der Waals surface area contributed by atoms with Crippen molar-refractivity contribution in [3.63, 3.8) is 0 Å². The molecule has 0 spiro atoms. The number of amides is 1. The number of carbonyl (C=O) groups excluding carboxylic acids is 2. The summed E-state index contributed by atoms with van der Waals surface area (Å²) in [7, 11) is 0. The normalized spacial score (nSPS) is 9.76. The highest BCUT2D eigenvalue weighted by Gasteiger charge is 2.13. The van der Waals surface area contributed by atoms with Gasteiger partial charge in [-0.3, -0.25) is 19.7 Å². The lowest BCUT2D eigenvalue weighted by Crippen LogP contribution is -2.14. The Labute approximate surface area is 105 Å². The van der Waals surface area contributed by atoms with Crippen LogP contribution in [0.3, 0.4) is 0 Å². The first-order valence-electron chi connectivity index (χ1n) is 4.63. The van der Waals surface area contributed by atoms with Crippen molar-refractivity contribution in [2.75, 3.05) is 5.32 Å². The number of Topliss-reactive ketones (excluding diaryl/α,β-unsaturated/α-hetero) is 1. The van der Waals surface area contributed by atoms with E-state index in [2.05, 4.69) is 21.2 Å². The van der Waals surface area contributed by atoms with Crippen LogP contribution in [0, 0.1) is 10.1 Å². The molecule has 1 aromatic carbocycles. The van der Waals surface area contributed by atoms with Gasteiger partial charge in [0, 0.05) is 11.8 Å². The van der Waals surface area contributed by atoms with E-state index >= 15 is 0 Å². The molecule has 7 heteroatoms. The fraction of sp³-hybridized carbons (Fsp3) is 0.200. The van der Waals surface area contributed by atoms with Crippen LogP contribution in [0.2, 0.25) is 0 Å². The number of benzene rings is 1. The molecule has 1 N–H and O–H groups in total. The van der Waals surface area contributed by atoms with Gasteiger partial charge in [0.05, 0.1) is 15.8 Å². The number of rotatable bonds is 4. The molecule has 0 aliphatic carbocycles. The maximum Gasteiger partial charge on any atom is 0.285 e. The maximum atomic E-state index is 11.3. The Morgan fingerprint density at radius 3 is 2.65 bits per heavy atom. The molecule has 17 heavy (non-hydrogen) atoms. The maximum absolute atomic E-state index is 11.3. The Morgan fingerprint density at radius 2 is 2.12 bits per heavy atom. The summed E-state index contributed by atoms with van der Waals surface area (Å²) in [4.78, 5) is 32.1. The molecule has 0 aromatic heterocycles. The summed E-state index contributed by atoms with van der Waals surface area (Å²) in [5, 5.41) is 13.1. The zero-order valence-electron chi connectivity index (χ0n) is 8.90. The molecule has 1 rings (SSSR count). The molecule has 0 aliphatic rings. The van der Waals surface area contributed by atoms with Crippen molar-refractivity contribution in [1.82, 2.24) is 0 Å². The third-order valence-electron chi connectivity index (χ3n) is 1.84. The molecule has 0 atom stereocenters. The van der Waals surface area contributed by atoms with Crippen LogP contribution in [0.15, 0.2) is 22.7 Å². The number of halogens is 1. The van der Waals surface area contributed by atoms with E-state index in [1.54, 1.807) is 0 Å². The van der Waals surface area contributed by atoms with Gasteiger partial charge in [0.25, 0.3) is 5.69 Å². The second-order valence-electron chi connectivity index (χ2n) is 3.35. The van der Waals surface area contributed by atoms with Gasteiger partial charge in [0.15, 0.2) is 0 Å². The molecule has 0 heterocycles. The van der Waals surface area contributed by atoms with Crippen LogP contribution in [0.5, 0.6) is 0 Å². The third kappa shape index (κ3) is 3.95. The topological polar surface area (TPSA) is 89.3 Å². The van der Waals surface area contributed by atoms with Crippen molar-refractivity contribution < 1.29 is 14.5 Å². The second kappa shape index (κ2) is 5.53. The summed E-state index contributed by atoms with van der Waals surface area (Å²) >= 11 is 3.03. The van der Waals surface area contributed by atoms with Crippen molar-refractivity contribution in [3.05, 3.63) is 32.8 Å². The Kier molecular flexibility index (Phi) is 4.33. The van der Waals surface area contributed by atoms with E-state index in [0.717, 1.165) is 0 Å². The molecular formula is C10H9BrN2O4. The Bertz CT molecular complexity index is 487. The van der Waals surface area contributed by atoms with E-state index in [-0.39, 0.29) is 23.6 Å². The molecule has 1 aromatic rings. The predicted molar refractivity (Wildman–Crippen MR) is 64.7 cm³/mol. The highest BCUT2D eigenvalue weighted by Crippen LogP contribution is 2.27. The third-order valence-corrected chi connectivity index (χ3v) is 2.51. The summed E-state index contributed by atoms with van der Waals surface area (Å²) in [5.41, 5.74) is 0.136. The minimum Gasteiger partial charge on any atom is -0.325 e. The molecular weight excluding hydrogens is 292 g/mol. The van der Waals surface area contributed by atoms with E-state index in [1.807, 2.05) is 0 Å². The fourth-order valence-corrected chi connectivity index (χ4v) is 1.55. The van der Waals surface area contributed by atoms with Crippen molar-refractivity contribution in [3.8, 4) is 0 Å². The van der Waals surface area contributed by atoms with Gasteiger partial charge in [-0.1, -0.05) is 0 Å². The van der Waals surface area contributed by atoms with Gasteiger partial charge >= 0.3 is 0 Å². The fourth-order valence-electron chi connectivity index (χ4n) is 1.16. The molecule has 0 unspecified atom stereocenters. The van der Waals surface area contributed by atoms with Gasteiger partial charge in [-0.05, 0) is 35.0 Å². The number of hydrogen-bond donors (Lipinski definition) is 1. The number of nitro groups is 1. The van der Waals surface area contributed by atoms with E-state index in [1.165, 1.54) is 25.1 Å². The zero-order chi connectivity index (χ0) is 13.0. The van der Waals surface area contributed by atoms with Crippen molar-refractivity contribution >= 4 is 39.0 Å². The minimum absolute atomic E-state index is 0.148. The number of hydrogen-bond acceptors (Lipinski definition) is 4. The van der Waals surface area contributed by atoms with Gasteiger partial charge < -0.3 is 5.32 Å². The first kappa shape index (κ1) is 13.3. The molecule has 1 amide bonds. The van der Waals surface area contributed by atoms with Crippen LogP contribution in [-0.4, -0.2) is 16.6 Å². The largest absolute Gasteiger partial charge is 0.325 e. The van der Waals surface area contributed by atoms with Crippen molar-refractivity contribution in [1.29, 1.82) is 0 Å². The lowest BCUT2D eigenvalue weighted by atomic mass is 10.2. The summed E-state index contributed by atoms with van der Waals surface area (Å²) in [5.74, 6) is -0.761. The van der Waals surface area contributed by atoms with Gasteiger partial charge in [-0.25, -0.2) is 0 Å². The average molecular weight is 301 g/mol. The molecule has 0 fully saturated rings. The summed E-state index contributed by atoms with van der Waals surface area (Å²) in [6, 6.07) is 4.19. The Hall–Kier alpha value is -1.76. The van der Waals surface area contributed by atoms with E-state index < -0.39 is 10.8 Å². The highest BCUT2D eigenvalue weighted by atomic mass is 79.9. The van der Waals surface area contributed by atoms with Gasteiger partial charge in [-0.2, -0.15) is 0 Å². The molecule has 90 valence electrons. The molecule has 0 radical (unpaired) electrons. The van der Waals surface area contributed by atoms with E-state index in [0.29, 0.717) is 4.47 Å². The van der Waals surface area contributed by atoms with Crippen molar-refractivity contribution in [2.45, 2.75) is 13.3 Å². The average Bonchev–Trinajstić information content (AvgIpc) is 2.19. The van der Waals surface area contributed by atoms with Crippen LogP contribution in [0.1, 0.15) is 13.3 Å². The van der Waals surface area contributed by atoms with Gasteiger partial charge in [0.2, 0.25) is 5.91 Å². The van der Waals surface area contributed by atoms with Crippen LogP contribution < -0.4 is 5.32 Å². The molecule has 0 saturated heterocycles. The van der Waals surface area contributed by atoms with Crippen LogP contribution >= 0.6 is 15.9 Å². The molecule has 0 saturated carbocycles. The molecule has 0 aliphatic heterocycles. The van der Waals surface area contributed by atoms with E-state index in [4.69, 9.17) is 0 Å². The summed E-state index contributed by atoms with van der Waals surface area (Å²) < 4.78 is 0.326. The lowest BCUT2D eigenvalue weighted by Gasteiger charge is -2.04. The number of anilines is 1. The SMILES string of the molecule is CC(=O)CC(=O)Nc1ccc(Br)c([N+](=O)[O-])c1. The van der Waals surface area contributed by atoms with Crippen LogP contribution in [0.25, 0.3) is 0 Å². The van der Waals surface area contributed by atoms with Gasteiger partial charge in [0.1, 0.15) is 5.78 Å². The zero-order valence-corrected chi connectivity index (χ0v) is 10.5. The standard InChI is InChI=1S/C10H9BrN2O4/c1-6(14)4-10(15)12-7-2-3-8(11)9(5-7)13(16)17/h2-3,5H,4H2,1H3,(H,12,15). The van der Waals surface area contributed by atoms with Crippen molar-refractivity contribution in [2.24, 2.45) is 0 Å². The van der Waals surface area contributed by atoms with E-state index in [9.17, 15) is 19.7 Å². The number of carbonyl (C=O) groups is 2. The monoisotopic (exact) mass is 300 g/mol. The first-order chi connectivity index (χ1) is 7.90. The summed E-state index contributed by atoms with van der Waals surface area (Å²) in [6.45, 7) is 1.30. The quantitative estimate of drug-likeness (QED) is 0.525. The predicted octanol–water partition coefficient (Wildman–Crippen LogP) is 2.27. The molecule has 6 nitrogen and oxygen atoms in total. The van der Waals surface area contributed by atoms with Gasteiger partial charge in [-0.15, -0.1) is 0 Å². The second-order valence-corrected chi connectivity index (χ2v) is 4.20. The number of nitrogens with zero attached hydrogens (tertiary/aromatic N) is 1. The van der Waals surface area contributed by atoms with Crippen LogP contribution in [-0.2, 0) is 9.59 Å². The van der Waals surface area contributed by atoms with Crippen LogP contribution in [0.4, 0.5) is 11.4 Å². The number of nitro benzene ring substituents is 1. The molecule has 0 bridgehead atoms. The number of nitrogens with one attached hydrogen (secondary N) is 1. The smallest absolute Gasteiger partial charge is 0.285 e.